The van der Waals surface area contributed by atoms with Crippen LogP contribution >= 0.6 is 0 Å². The second kappa shape index (κ2) is 6.77. The predicted molar refractivity (Wildman–Crippen MR) is 92.5 cm³/mol. The van der Waals surface area contributed by atoms with E-state index in [0.29, 0.717) is 17.8 Å². The summed E-state index contributed by atoms with van der Waals surface area (Å²) in [6.45, 7) is 2.97. The minimum Gasteiger partial charge on any atom is -0.341 e. The fraction of sp³-hybridized carbons (Fsp3) is 0.474. The Kier molecular flexibility index (Phi) is 4.34. The molecule has 1 amide bonds. The summed E-state index contributed by atoms with van der Waals surface area (Å²) < 4.78 is 0. The Balaban J connectivity index is 1.49. The lowest BCUT2D eigenvalue weighted by molar-refractivity contribution is 0.0634. The third kappa shape index (κ3) is 2.96. The molecule has 3 heterocycles. The molecule has 5 nitrogen and oxygen atoms in total. The molecular formula is C19H24N4O. The van der Waals surface area contributed by atoms with Crippen LogP contribution in [-0.2, 0) is 6.54 Å². The minimum atomic E-state index is 0.0987. The van der Waals surface area contributed by atoms with E-state index < -0.39 is 0 Å². The van der Waals surface area contributed by atoms with Crippen molar-refractivity contribution in [1.29, 1.82) is 0 Å². The fourth-order valence-electron chi connectivity index (χ4n) is 4.27. The zero-order valence-corrected chi connectivity index (χ0v) is 13.9. The Morgan fingerprint density at radius 1 is 1.12 bits per heavy atom. The maximum Gasteiger partial charge on any atom is 0.272 e. The number of aromatic amines is 1. The van der Waals surface area contributed by atoms with Crippen LogP contribution in [0.2, 0.25) is 0 Å². The zero-order valence-electron chi connectivity index (χ0n) is 13.9. The molecule has 0 bridgehead atoms. The Morgan fingerprint density at radius 3 is 2.71 bits per heavy atom. The summed E-state index contributed by atoms with van der Waals surface area (Å²) in [7, 11) is 0. The minimum absolute atomic E-state index is 0.0987. The SMILES string of the molecule is O=C(c1cnc[nH]1)N1CCCC1C1CCCN1Cc1ccccc1. The Labute approximate surface area is 142 Å². The van der Waals surface area contributed by atoms with Gasteiger partial charge in [0, 0.05) is 25.2 Å². The van der Waals surface area contributed by atoms with Gasteiger partial charge in [-0.05, 0) is 37.8 Å². The molecule has 2 fully saturated rings. The first-order valence-corrected chi connectivity index (χ1v) is 8.90. The number of imidazole rings is 1. The highest BCUT2D eigenvalue weighted by molar-refractivity contribution is 5.92. The average molecular weight is 324 g/mol. The van der Waals surface area contributed by atoms with Crippen molar-refractivity contribution >= 4 is 5.91 Å². The zero-order chi connectivity index (χ0) is 16.4. The number of aromatic nitrogens is 2. The van der Waals surface area contributed by atoms with Gasteiger partial charge in [0.15, 0.2) is 0 Å². The number of carbonyl (C=O) groups excluding carboxylic acids is 1. The number of H-pyrrole nitrogens is 1. The van der Waals surface area contributed by atoms with Crippen molar-refractivity contribution in [3.05, 3.63) is 54.1 Å². The van der Waals surface area contributed by atoms with Gasteiger partial charge < -0.3 is 9.88 Å². The van der Waals surface area contributed by atoms with Crippen LogP contribution in [0.5, 0.6) is 0 Å². The van der Waals surface area contributed by atoms with Crippen molar-refractivity contribution in [2.75, 3.05) is 13.1 Å². The monoisotopic (exact) mass is 324 g/mol. The topological polar surface area (TPSA) is 52.2 Å². The van der Waals surface area contributed by atoms with Gasteiger partial charge in [-0.2, -0.15) is 0 Å². The number of hydrogen-bond donors (Lipinski definition) is 1. The predicted octanol–water partition coefficient (Wildman–Crippen LogP) is 2.68. The van der Waals surface area contributed by atoms with Gasteiger partial charge in [0.2, 0.25) is 0 Å². The molecule has 0 aliphatic carbocycles. The first-order valence-electron chi connectivity index (χ1n) is 8.90. The van der Waals surface area contributed by atoms with E-state index in [2.05, 4.69) is 50.1 Å². The first kappa shape index (κ1) is 15.4. The Bertz CT molecular complexity index is 670. The second-order valence-electron chi connectivity index (χ2n) is 6.84. The number of likely N-dealkylation sites (tertiary alicyclic amines) is 2. The molecular weight excluding hydrogens is 300 g/mol. The highest BCUT2D eigenvalue weighted by atomic mass is 16.2. The van der Waals surface area contributed by atoms with Crippen LogP contribution in [0.15, 0.2) is 42.9 Å². The molecule has 2 aliphatic rings. The maximum absolute atomic E-state index is 12.8. The fourth-order valence-corrected chi connectivity index (χ4v) is 4.27. The van der Waals surface area contributed by atoms with Crippen molar-refractivity contribution in [3.8, 4) is 0 Å². The van der Waals surface area contributed by atoms with Gasteiger partial charge in [-0.15, -0.1) is 0 Å². The lowest BCUT2D eigenvalue weighted by Gasteiger charge is -2.35. The number of rotatable bonds is 4. The molecule has 2 aliphatic heterocycles. The van der Waals surface area contributed by atoms with Crippen LogP contribution in [0.4, 0.5) is 0 Å². The molecule has 5 heteroatoms. The van der Waals surface area contributed by atoms with E-state index >= 15 is 0 Å². The maximum atomic E-state index is 12.8. The van der Waals surface area contributed by atoms with Crippen LogP contribution in [-0.4, -0.2) is 50.8 Å². The van der Waals surface area contributed by atoms with Crippen molar-refractivity contribution in [2.45, 2.75) is 44.3 Å². The molecule has 2 atom stereocenters. The average Bonchev–Trinajstić information content (AvgIpc) is 3.36. The molecule has 2 aromatic rings. The van der Waals surface area contributed by atoms with E-state index in [4.69, 9.17) is 0 Å². The van der Waals surface area contributed by atoms with Gasteiger partial charge in [0.1, 0.15) is 5.69 Å². The quantitative estimate of drug-likeness (QED) is 0.941. The van der Waals surface area contributed by atoms with E-state index in [1.807, 2.05) is 0 Å². The molecule has 0 spiro atoms. The molecule has 4 rings (SSSR count). The summed E-state index contributed by atoms with van der Waals surface area (Å²) in [4.78, 5) is 24.4. The van der Waals surface area contributed by atoms with Crippen molar-refractivity contribution < 1.29 is 4.79 Å². The lowest BCUT2D eigenvalue weighted by Crippen LogP contribution is -2.48. The summed E-state index contributed by atoms with van der Waals surface area (Å²) in [5.41, 5.74) is 1.96. The summed E-state index contributed by atoms with van der Waals surface area (Å²) in [6, 6.07) is 11.4. The van der Waals surface area contributed by atoms with E-state index in [0.717, 1.165) is 32.5 Å². The van der Waals surface area contributed by atoms with Gasteiger partial charge in [0.05, 0.1) is 12.5 Å². The largest absolute Gasteiger partial charge is 0.341 e. The van der Waals surface area contributed by atoms with Crippen LogP contribution in [0.1, 0.15) is 41.7 Å². The van der Waals surface area contributed by atoms with Gasteiger partial charge in [-0.25, -0.2) is 4.98 Å². The van der Waals surface area contributed by atoms with E-state index in [9.17, 15) is 4.79 Å². The van der Waals surface area contributed by atoms with Gasteiger partial charge >= 0.3 is 0 Å². The number of amides is 1. The normalized spacial score (nSPS) is 24.6. The van der Waals surface area contributed by atoms with Crippen LogP contribution in [0.25, 0.3) is 0 Å². The smallest absolute Gasteiger partial charge is 0.272 e. The highest BCUT2D eigenvalue weighted by Crippen LogP contribution is 2.31. The number of carbonyl (C=O) groups is 1. The standard InChI is InChI=1S/C19H24N4O/c24-19(16-12-20-14-21-16)23-11-5-9-18(23)17-8-4-10-22(17)13-15-6-2-1-3-7-15/h1-3,6-7,12,14,17-18H,4-5,8-11,13H2,(H,20,21). The number of nitrogens with zero attached hydrogens (tertiary/aromatic N) is 3. The molecule has 0 radical (unpaired) electrons. The molecule has 2 unspecified atom stereocenters. The third-order valence-electron chi connectivity index (χ3n) is 5.38. The van der Waals surface area contributed by atoms with Crippen LogP contribution < -0.4 is 0 Å². The van der Waals surface area contributed by atoms with Crippen LogP contribution in [0.3, 0.4) is 0 Å². The van der Waals surface area contributed by atoms with Gasteiger partial charge in [0.25, 0.3) is 5.91 Å². The summed E-state index contributed by atoms with van der Waals surface area (Å²) >= 11 is 0. The van der Waals surface area contributed by atoms with Crippen molar-refractivity contribution in [1.82, 2.24) is 19.8 Å². The molecule has 1 aromatic carbocycles. The van der Waals surface area contributed by atoms with Gasteiger partial charge in [-0.1, -0.05) is 30.3 Å². The second-order valence-corrected chi connectivity index (χ2v) is 6.84. The molecule has 24 heavy (non-hydrogen) atoms. The third-order valence-corrected chi connectivity index (χ3v) is 5.38. The van der Waals surface area contributed by atoms with Gasteiger partial charge in [-0.3, -0.25) is 9.69 Å². The lowest BCUT2D eigenvalue weighted by atomic mass is 10.0. The summed E-state index contributed by atoms with van der Waals surface area (Å²) in [6.07, 6.45) is 7.82. The number of hydrogen-bond acceptors (Lipinski definition) is 3. The number of benzene rings is 1. The van der Waals surface area contributed by atoms with E-state index in [1.54, 1.807) is 12.5 Å². The molecule has 126 valence electrons. The van der Waals surface area contributed by atoms with E-state index in [-0.39, 0.29) is 5.91 Å². The molecule has 1 aromatic heterocycles. The van der Waals surface area contributed by atoms with E-state index in [1.165, 1.54) is 18.4 Å². The summed E-state index contributed by atoms with van der Waals surface area (Å²) in [5.74, 6) is 0.0987. The van der Waals surface area contributed by atoms with Crippen molar-refractivity contribution in [2.24, 2.45) is 0 Å². The number of nitrogens with one attached hydrogen (secondary N) is 1. The molecule has 2 saturated heterocycles. The highest BCUT2D eigenvalue weighted by Gasteiger charge is 2.40. The Morgan fingerprint density at radius 2 is 1.92 bits per heavy atom. The van der Waals surface area contributed by atoms with Crippen molar-refractivity contribution in [3.63, 3.8) is 0 Å². The van der Waals surface area contributed by atoms with Crippen LogP contribution in [0, 0.1) is 0 Å². The first-order chi connectivity index (χ1) is 11.8. The Hall–Kier alpha value is -2.14. The molecule has 1 N–H and O–H groups in total. The molecule has 0 saturated carbocycles. The summed E-state index contributed by atoms with van der Waals surface area (Å²) in [5, 5.41) is 0.